The molecule has 1 saturated carbocycles. The van der Waals surface area contributed by atoms with Crippen molar-refractivity contribution in [3.63, 3.8) is 0 Å². The van der Waals surface area contributed by atoms with Crippen LogP contribution in [0.4, 0.5) is 0 Å². The van der Waals surface area contributed by atoms with Gasteiger partial charge in [0.2, 0.25) is 5.56 Å². The predicted octanol–water partition coefficient (Wildman–Crippen LogP) is 1.82. The van der Waals surface area contributed by atoms with Crippen LogP contribution >= 0.6 is 0 Å². The zero-order chi connectivity index (χ0) is 20.4. The van der Waals surface area contributed by atoms with Crippen molar-refractivity contribution in [3.05, 3.63) is 77.0 Å². The van der Waals surface area contributed by atoms with E-state index in [1.165, 1.54) is 22.9 Å². The van der Waals surface area contributed by atoms with Crippen LogP contribution in [0, 0.1) is 5.92 Å². The number of nitrogens with zero attached hydrogens (tertiary/aromatic N) is 3. The molecule has 3 aromatic rings. The summed E-state index contributed by atoms with van der Waals surface area (Å²) in [6, 6.07) is 12.6. The summed E-state index contributed by atoms with van der Waals surface area (Å²) in [4.78, 5) is 28.5. The molecule has 0 aliphatic heterocycles. The molecular formula is C22H24N4O3. The van der Waals surface area contributed by atoms with Crippen molar-refractivity contribution in [3.8, 4) is 11.4 Å². The van der Waals surface area contributed by atoms with Crippen molar-refractivity contribution >= 4 is 5.91 Å². The molecule has 150 valence electrons. The number of benzene rings is 1. The second-order valence-corrected chi connectivity index (χ2v) is 7.62. The first-order valence-electron chi connectivity index (χ1n) is 9.73. The summed E-state index contributed by atoms with van der Waals surface area (Å²) in [5.41, 5.74) is 1.29. The summed E-state index contributed by atoms with van der Waals surface area (Å²) < 4.78 is 3.47. The van der Waals surface area contributed by atoms with Crippen molar-refractivity contribution in [2.75, 3.05) is 0 Å². The lowest BCUT2D eigenvalue weighted by Crippen LogP contribution is -2.40. The van der Waals surface area contributed by atoms with Gasteiger partial charge in [-0.2, -0.15) is 0 Å². The number of aliphatic hydroxyl groups is 1. The lowest BCUT2D eigenvalue weighted by Gasteiger charge is -2.17. The summed E-state index contributed by atoms with van der Waals surface area (Å²) in [7, 11) is 1.61. The third kappa shape index (κ3) is 4.14. The summed E-state index contributed by atoms with van der Waals surface area (Å²) in [5.74, 6) is 0.850. The number of pyridine rings is 1. The van der Waals surface area contributed by atoms with Crippen LogP contribution in [0.2, 0.25) is 0 Å². The van der Waals surface area contributed by atoms with E-state index in [9.17, 15) is 14.7 Å². The maximum Gasteiger partial charge on any atom is 0.253 e. The molecule has 4 rings (SSSR count). The number of carbonyl (C=O) groups excluding carboxylic acids is 1. The number of rotatable bonds is 5. The van der Waals surface area contributed by atoms with Gasteiger partial charge in [0.25, 0.3) is 5.91 Å². The van der Waals surface area contributed by atoms with Crippen molar-refractivity contribution in [2.45, 2.75) is 31.5 Å². The molecule has 0 saturated heterocycles. The molecule has 3 atom stereocenters. The Morgan fingerprint density at radius 3 is 2.76 bits per heavy atom. The summed E-state index contributed by atoms with van der Waals surface area (Å²) >= 11 is 0. The van der Waals surface area contributed by atoms with Gasteiger partial charge in [-0.3, -0.25) is 9.59 Å². The largest absolute Gasteiger partial charge is 0.391 e. The number of amides is 1. The van der Waals surface area contributed by atoms with Crippen molar-refractivity contribution in [1.29, 1.82) is 0 Å². The van der Waals surface area contributed by atoms with Crippen LogP contribution < -0.4 is 10.9 Å². The van der Waals surface area contributed by atoms with Crippen LogP contribution in [0.3, 0.4) is 0 Å². The van der Waals surface area contributed by atoms with E-state index in [1.54, 1.807) is 13.2 Å². The molecular weight excluding hydrogens is 368 g/mol. The first kappa shape index (κ1) is 19.1. The molecule has 1 fully saturated rings. The topological polar surface area (TPSA) is 89.2 Å². The highest BCUT2D eigenvalue weighted by atomic mass is 16.3. The number of imidazole rings is 1. The number of carbonyl (C=O) groups is 1. The molecule has 1 unspecified atom stereocenters. The van der Waals surface area contributed by atoms with E-state index < -0.39 is 6.10 Å². The molecule has 7 heteroatoms. The van der Waals surface area contributed by atoms with Crippen LogP contribution in [-0.4, -0.2) is 37.3 Å². The zero-order valence-corrected chi connectivity index (χ0v) is 16.2. The third-order valence-electron chi connectivity index (χ3n) is 5.49. The van der Waals surface area contributed by atoms with E-state index in [0.717, 1.165) is 17.9 Å². The molecule has 2 heterocycles. The Kier molecular flexibility index (Phi) is 5.31. The monoisotopic (exact) mass is 392 g/mol. The standard InChI is InChI=1S/C22H24N4O3/c1-25-14-17(7-8-20(25)28)22(29)24-18-11-15(12-19(18)27)13-26-10-9-23-21(26)16-5-3-2-4-6-16/h2-10,14-15,18-19,27H,11-13H2,1H3,(H,24,29)/t15?,18-,19-/m1/s1. The number of nitrogens with one attached hydrogen (secondary N) is 1. The molecule has 1 amide bonds. The second-order valence-electron chi connectivity index (χ2n) is 7.62. The van der Waals surface area contributed by atoms with Gasteiger partial charge in [-0.25, -0.2) is 4.98 Å². The van der Waals surface area contributed by atoms with Crippen LogP contribution in [-0.2, 0) is 13.6 Å². The smallest absolute Gasteiger partial charge is 0.253 e. The van der Waals surface area contributed by atoms with Crippen LogP contribution in [0.1, 0.15) is 23.2 Å². The molecule has 1 aliphatic rings. The van der Waals surface area contributed by atoms with E-state index in [1.807, 2.05) is 36.5 Å². The minimum absolute atomic E-state index is 0.169. The fourth-order valence-electron chi connectivity index (χ4n) is 3.98. The minimum Gasteiger partial charge on any atom is -0.391 e. The lowest BCUT2D eigenvalue weighted by molar-refractivity contribution is 0.0872. The Labute approximate surface area is 168 Å². The quantitative estimate of drug-likeness (QED) is 0.693. The van der Waals surface area contributed by atoms with Gasteiger partial charge < -0.3 is 19.6 Å². The summed E-state index contributed by atoms with van der Waals surface area (Å²) in [5, 5.41) is 13.4. The Balaban J connectivity index is 1.42. The van der Waals surface area contributed by atoms with E-state index in [0.29, 0.717) is 18.4 Å². The van der Waals surface area contributed by atoms with Crippen molar-refractivity contribution in [2.24, 2.45) is 13.0 Å². The highest BCUT2D eigenvalue weighted by Crippen LogP contribution is 2.29. The number of hydrogen-bond donors (Lipinski definition) is 2. The Hall–Kier alpha value is -3.19. The van der Waals surface area contributed by atoms with Gasteiger partial charge in [-0.05, 0) is 24.8 Å². The number of hydrogen-bond acceptors (Lipinski definition) is 4. The normalized spacial score (nSPS) is 21.2. The second kappa shape index (κ2) is 8.05. The van der Waals surface area contributed by atoms with Gasteiger partial charge in [-0.1, -0.05) is 30.3 Å². The van der Waals surface area contributed by atoms with Crippen molar-refractivity contribution in [1.82, 2.24) is 19.4 Å². The van der Waals surface area contributed by atoms with Gasteiger partial charge >= 0.3 is 0 Å². The highest BCUT2D eigenvalue weighted by molar-refractivity contribution is 5.94. The molecule has 2 N–H and O–H groups in total. The van der Waals surface area contributed by atoms with E-state index >= 15 is 0 Å². The Morgan fingerprint density at radius 1 is 1.21 bits per heavy atom. The van der Waals surface area contributed by atoms with E-state index in [2.05, 4.69) is 14.9 Å². The van der Waals surface area contributed by atoms with Gasteiger partial charge in [0.15, 0.2) is 0 Å². The van der Waals surface area contributed by atoms with Gasteiger partial charge in [0, 0.05) is 43.8 Å². The molecule has 1 aliphatic carbocycles. The third-order valence-corrected chi connectivity index (χ3v) is 5.49. The van der Waals surface area contributed by atoms with E-state index in [4.69, 9.17) is 0 Å². The maximum atomic E-state index is 12.5. The molecule has 29 heavy (non-hydrogen) atoms. The SMILES string of the molecule is Cn1cc(C(=O)N[C@@H]2CC(Cn3ccnc3-c3ccccc3)C[C@H]2O)ccc1=O. The molecule has 0 bridgehead atoms. The van der Waals surface area contributed by atoms with Gasteiger partial charge in [0.1, 0.15) is 5.82 Å². The number of aliphatic hydroxyl groups excluding tert-OH is 1. The van der Waals surface area contributed by atoms with Crippen LogP contribution in [0.15, 0.2) is 65.8 Å². The Bertz CT molecular complexity index is 1060. The number of aromatic nitrogens is 3. The maximum absolute atomic E-state index is 12.5. The predicted molar refractivity (Wildman–Crippen MR) is 109 cm³/mol. The lowest BCUT2D eigenvalue weighted by atomic mass is 10.1. The molecule has 0 spiro atoms. The molecule has 1 aromatic carbocycles. The van der Waals surface area contributed by atoms with Gasteiger partial charge in [0.05, 0.1) is 17.7 Å². The summed E-state index contributed by atoms with van der Waals surface area (Å²) in [6.07, 6.45) is 5.95. The highest BCUT2D eigenvalue weighted by Gasteiger charge is 2.34. The van der Waals surface area contributed by atoms with Crippen LogP contribution in [0.25, 0.3) is 11.4 Å². The number of aryl methyl sites for hydroxylation is 1. The van der Waals surface area contributed by atoms with E-state index in [-0.39, 0.29) is 23.4 Å². The fourth-order valence-corrected chi connectivity index (χ4v) is 3.98. The average Bonchev–Trinajstić information content (AvgIpc) is 3.31. The first-order valence-corrected chi connectivity index (χ1v) is 9.73. The minimum atomic E-state index is -0.597. The molecule has 2 aromatic heterocycles. The fraction of sp³-hybridized carbons (Fsp3) is 0.318. The average molecular weight is 392 g/mol. The first-order chi connectivity index (χ1) is 14.0. The van der Waals surface area contributed by atoms with Crippen molar-refractivity contribution < 1.29 is 9.90 Å². The Morgan fingerprint density at radius 2 is 2.00 bits per heavy atom. The molecule has 0 radical (unpaired) electrons. The zero-order valence-electron chi connectivity index (χ0n) is 16.2. The summed E-state index contributed by atoms with van der Waals surface area (Å²) in [6.45, 7) is 0.730. The molecule has 7 nitrogen and oxygen atoms in total. The van der Waals surface area contributed by atoms with Crippen LogP contribution in [0.5, 0.6) is 0 Å². The van der Waals surface area contributed by atoms with Gasteiger partial charge in [-0.15, -0.1) is 0 Å².